The van der Waals surface area contributed by atoms with Gasteiger partial charge in [0.15, 0.2) is 0 Å². The maximum atomic E-state index is 6.33. The molecule has 0 radical (unpaired) electrons. The molecule has 0 bridgehead atoms. The number of nitrogens with two attached hydrogens (primary N) is 1. The Morgan fingerprint density at radius 1 is 1.32 bits per heavy atom. The lowest BCUT2D eigenvalue weighted by Gasteiger charge is -2.16. The van der Waals surface area contributed by atoms with E-state index in [0.717, 1.165) is 24.2 Å². The highest BCUT2D eigenvalue weighted by Gasteiger charge is 2.13. The molecular weight excluding hydrogens is 254 g/mol. The van der Waals surface area contributed by atoms with Crippen LogP contribution in [0.25, 0.3) is 0 Å². The summed E-state index contributed by atoms with van der Waals surface area (Å²) in [5.74, 6) is 0. The number of hydrogen-bond donors (Lipinski definition) is 1. The molecule has 2 aromatic rings. The van der Waals surface area contributed by atoms with Gasteiger partial charge in [-0.1, -0.05) is 37.3 Å². The van der Waals surface area contributed by atoms with E-state index in [9.17, 15) is 0 Å². The summed E-state index contributed by atoms with van der Waals surface area (Å²) in [6.45, 7) is 3.22. The molecule has 3 nitrogen and oxygen atoms in total. The van der Waals surface area contributed by atoms with E-state index in [0.29, 0.717) is 5.25 Å². The second kappa shape index (κ2) is 6.78. The van der Waals surface area contributed by atoms with Gasteiger partial charge in [0.1, 0.15) is 0 Å². The van der Waals surface area contributed by atoms with Crippen LogP contribution < -0.4 is 5.73 Å². The first-order chi connectivity index (χ1) is 9.22. The van der Waals surface area contributed by atoms with Crippen LogP contribution >= 0.6 is 11.8 Å². The van der Waals surface area contributed by atoms with Crippen molar-refractivity contribution in [3.05, 3.63) is 54.1 Å². The minimum Gasteiger partial charge on any atom is -0.333 e. The average molecular weight is 275 g/mol. The predicted molar refractivity (Wildman–Crippen MR) is 82.3 cm³/mol. The number of imidazole rings is 1. The van der Waals surface area contributed by atoms with E-state index in [-0.39, 0.29) is 6.04 Å². The Morgan fingerprint density at radius 3 is 2.74 bits per heavy atom. The molecule has 1 aromatic heterocycles. The fourth-order valence-electron chi connectivity index (χ4n) is 2.05. The molecule has 19 heavy (non-hydrogen) atoms. The molecule has 0 aliphatic carbocycles. The van der Waals surface area contributed by atoms with Crippen molar-refractivity contribution in [3.8, 4) is 0 Å². The molecule has 2 atom stereocenters. The van der Waals surface area contributed by atoms with Crippen molar-refractivity contribution in [2.45, 2.75) is 31.2 Å². The highest BCUT2D eigenvalue weighted by atomic mass is 32.2. The van der Waals surface area contributed by atoms with Gasteiger partial charge in [0, 0.05) is 11.8 Å². The van der Waals surface area contributed by atoms with Gasteiger partial charge in [0.2, 0.25) is 0 Å². The molecular formula is C15H21N3S. The smallest absolute Gasteiger partial charge is 0.0948 e. The first kappa shape index (κ1) is 14.2. The minimum absolute atomic E-state index is 0.103. The zero-order chi connectivity index (χ0) is 13.7. The van der Waals surface area contributed by atoms with Gasteiger partial charge >= 0.3 is 0 Å². The minimum atomic E-state index is -0.103. The lowest BCUT2D eigenvalue weighted by Crippen LogP contribution is -2.17. The zero-order valence-electron chi connectivity index (χ0n) is 11.5. The van der Waals surface area contributed by atoms with Crippen LogP contribution in [0.3, 0.4) is 0 Å². The van der Waals surface area contributed by atoms with Crippen LogP contribution in [0.5, 0.6) is 0 Å². The summed E-state index contributed by atoms with van der Waals surface area (Å²) in [5, 5.41) is 0.656. The van der Waals surface area contributed by atoms with Crippen molar-refractivity contribution >= 4 is 11.8 Å². The summed E-state index contributed by atoms with van der Waals surface area (Å²) < 4.78 is 2.17. The predicted octanol–water partition coefficient (Wildman–Crippen LogP) is 3.07. The number of aryl methyl sites for hydroxylation is 1. The molecule has 0 saturated carbocycles. The van der Waals surface area contributed by atoms with Gasteiger partial charge in [0.05, 0.1) is 24.3 Å². The molecule has 0 fully saturated rings. The zero-order valence-corrected chi connectivity index (χ0v) is 12.3. The van der Waals surface area contributed by atoms with E-state index in [2.05, 4.69) is 34.9 Å². The van der Waals surface area contributed by atoms with Crippen LogP contribution in [-0.2, 0) is 6.54 Å². The third kappa shape index (κ3) is 3.61. The monoisotopic (exact) mass is 275 g/mol. The topological polar surface area (TPSA) is 43.8 Å². The second-order valence-corrected chi connectivity index (χ2v) is 6.01. The number of thioether (sulfide) groups is 1. The van der Waals surface area contributed by atoms with E-state index in [4.69, 9.17) is 5.73 Å². The Kier molecular flexibility index (Phi) is 5.05. The van der Waals surface area contributed by atoms with Gasteiger partial charge in [0.25, 0.3) is 0 Å². The number of aromatic nitrogens is 2. The van der Waals surface area contributed by atoms with Crippen LogP contribution in [0.1, 0.15) is 30.6 Å². The molecule has 2 rings (SSSR count). The molecule has 0 aliphatic rings. The van der Waals surface area contributed by atoms with E-state index in [1.807, 2.05) is 42.5 Å². The van der Waals surface area contributed by atoms with Crippen LogP contribution in [0.2, 0.25) is 0 Å². The molecule has 0 amide bonds. The van der Waals surface area contributed by atoms with E-state index >= 15 is 0 Å². The van der Waals surface area contributed by atoms with E-state index < -0.39 is 0 Å². The van der Waals surface area contributed by atoms with Crippen LogP contribution in [0.15, 0.2) is 42.9 Å². The molecule has 1 heterocycles. The van der Waals surface area contributed by atoms with Crippen molar-refractivity contribution in [1.82, 2.24) is 9.55 Å². The van der Waals surface area contributed by atoms with Crippen LogP contribution in [0, 0.1) is 0 Å². The molecule has 102 valence electrons. The van der Waals surface area contributed by atoms with Crippen molar-refractivity contribution in [3.63, 3.8) is 0 Å². The molecule has 1 aromatic carbocycles. The maximum Gasteiger partial charge on any atom is 0.0948 e. The van der Waals surface area contributed by atoms with Gasteiger partial charge in [-0.2, -0.15) is 11.8 Å². The second-order valence-electron chi connectivity index (χ2n) is 4.74. The standard InChI is InChI=1S/C15H21N3S/c1-12(19-2)8-9-18-11-17-10-14(18)15(16)13-6-4-3-5-7-13/h3-7,10-12,15H,8-9,16H2,1-2H3. The number of benzene rings is 1. The molecule has 2 N–H and O–H groups in total. The fraction of sp³-hybridized carbons (Fsp3) is 0.400. The van der Waals surface area contributed by atoms with Crippen LogP contribution in [0.4, 0.5) is 0 Å². The lowest BCUT2D eigenvalue weighted by atomic mass is 10.1. The number of rotatable bonds is 6. The molecule has 0 aliphatic heterocycles. The number of nitrogens with zero attached hydrogens (tertiary/aromatic N) is 2. The van der Waals surface area contributed by atoms with Gasteiger partial charge in [-0.3, -0.25) is 0 Å². The average Bonchev–Trinajstić information content (AvgIpc) is 2.93. The quantitative estimate of drug-likeness (QED) is 0.881. The van der Waals surface area contributed by atoms with Gasteiger partial charge in [-0.25, -0.2) is 4.98 Å². The largest absolute Gasteiger partial charge is 0.333 e. The molecule has 0 spiro atoms. The first-order valence-electron chi connectivity index (χ1n) is 6.55. The van der Waals surface area contributed by atoms with Gasteiger partial charge < -0.3 is 10.3 Å². The van der Waals surface area contributed by atoms with Crippen LogP contribution in [-0.4, -0.2) is 21.1 Å². The highest BCUT2D eigenvalue weighted by Crippen LogP contribution is 2.20. The van der Waals surface area contributed by atoms with Gasteiger partial charge in [-0.15, -0.1) is 0 Å². The van der Waals surface area contributed by atoms with Crippen molar-refractivity contribution in [2.75, 3.05) is 6.26 Å². The summed E-state index contributed by atoms with van der Waals surface area (Å²) >= 11 is 1.89. The Labute approximate surface area is 119 Å². The van der Waals surface area contributed by atoms with Crippen molar-refractivity contribution < 1.29 is 0 Å². The summed E-state index contributed by atoms with van der Waals surface area (Å²) in [5.41, 5.74) is 8.54. The summed E-state index contributed by atoms with van der Waals surface area (Å²) in [7, 11) is 0. The molecule has 0 saturated heterocycles. The van der Waals surface area contributed by atoms with Crippen molar-refractivity contribution in [1.29, 1.82) is 0 Å². The lowest BCUT2D eigenvalue weighted by molar-refractivity contribution is 0.600. The summed E-state index contributed by atoms with van der Waals surface area (Å²) in [6.07, 6.45) is 7.04. The van der Waals surface area contributed by atoms with Gasteiger partial charge in [-0.05, 0) is 18.2 Å². The van der Waals surface area contributed by atoms with Crippen molar-refractivity contribution in [2.24, 2.45) is 5.73 Å². The van der Waals surface area contributed by atoms with E-state index in [1.165, 1.54) is 0 Å². The summed E-state index contributed by atoms with van der Waals surface area (Å²) in [4.78, 5) is 4.25. The SMILES string of the molecule is CSC(C)CCn1cncc1C(N)c1ccccc1. The highest BCUT2D eigenvalue weighted by molar-refractivity contribution is 7.99. The third-order valence-corrected chi connectivity index (χ3v) is 4.44. The summed E-state index contributed by atoms with van der Waals surface area (Å²) in [6, 6.07) is 10.1. The Morgan fingerprint density at radius 2 is 2.05 bits per heavy atom. The maximum absolute atomic E-state index is 6.33. The third-order valence-electron chi connectivity index (χ3n) is 3.40. The Hall–Kier alpha value is -1.26. The van der Waals surface area contributed by atoms with E-state index in [1.54, 1.807) is 0 Å². The normalized spacial score (nSPS) is 14.3. The Balaban J connectivity index is 2.11. The molecule has 2 unspecified atom stereocenters. The molecule has 4 heteroatoms. The fourth-order valence-corrected chi connectivity index (χ4v) is 2.39. The Bertz CT molecular complexity index is 495. The first-order valence-corrected chi connectivity index (χ1v) is 7.84. The number of hydrogen-bond acceptors (Lipinski definition) is 3.